The molecule has 0 aliphatic carbocycles. The smallest absolute Gasteiger partial charge is 0.252 e. The summed E-state index contributed by atoms with van der Waals surface area (Å²) in [7, 11) is 0. The number of aromatic nitrogens is 2. The van der Waals surface area contributed by atoms with E-state index in [1.165, 1.54) is 12.8 Å². The number of piperidine rings is 1. The summed E-state index contributed by atoms with van der Waals surface area (Å²) in [6, 6.07) is 1.96. The molecule has 0 aromatic carbocycles. The van der Waals surface area contributed by atoms with Gasteiger partial charge in [-0.2, -0.15) is 0 Å². The van der Waals surface area contributed by atoms with Crippen LogP contribution in [0.15, 0.2) is 10.9 Å². The SMILES string of the molecule is CCc1nc(N(CC2CCCNC2)C(C)C)cc(=O)[nH]1. The summed E-state index contributed by atoms with van der Waals surface area (Å²) >= 11 is 0. The Labute approximate surface area is 120 Å². The van der Waals surface area contributed by atoms with Gasteiger partial charge >= 0.3 is 0 Å². The van der Waals surface area contributed by atoms with Gasteiger partial charge in [0.25, 0.3) is 5.56 Å². The number of hydrogen-bond acceptors (Lipinski definition) is 4. The minimum absolute atomic E-state index is 0.0562. The van der Waals surface area contributed by atoms with Crippen molar-refractivity contribution >= 4 is 5.82 Å². The van der Waals surface area contributed by atoms with Gasteiger partial charge in [-0.15, -0.1) is 0 Å². The zero-order chi connectivity index (χ0) is 14.5. The fourth-order valence-corrected chi connectivity index (χ4v) is 2.74. The van der Waals surface area contributed by atoms with E-state index in [-0.39, 0.29) is 5.56 Å². The van der Waals surface area contributed by atoms with E-state index in [0.717, 1.165) is 37.7 Å². The van der Waals surface area contributed by atoms with Crippen molar-refractivity contribution in [1.82, 2.24) is 15.3 Å². The first-order valence-corrected chi connectivity index (χ1v) is 7.67. The summed E-state index contributed by atoms with van der Waals surface area (Å²) in [5, 5.41) is 3.45. The fraction of sp³-hybridized carbons (Fsp3) is 0.733. The monoisotopic (exact) mass is 278 g/mol. The summed E-state index contributed by atoms with van der Waals surface area (Å²) < 4.78 is 0. The second kappa shape index (κ2) is 6.88. The van der Waals surface area contributed by atoms with Crippen LogP contribution >= 0.6 is 0 Å². The summed E-state index contributed by atoms with van der Waals surface area (Å²) in [6.07, 6.45) is 3.24. The van der Waals surface area contributed by atoms with E-state index in [0.29, 0.717) is 12.0 Å². The topological polar surface area (TPSA) is 61.0 Å². The van der Waals surface area contributed by atoms with Crippen LogP contribution in [0.1, 0.15) is 39.4 Å². The van der Waals surface area contributed by atoms with Crippen LogP contribution in [-0.2, 0) is 6.42 Å². The minimum Gasteiger partial charge on any atom is -0.354 e. The number of nitrogens with zero attached hydrogens (tertiary/aromatic N) is 2. The van der Waals surface area contributed by atoms with Gasteiger partial charge in [0.05, 0.1) is 0 Å². The average Bonchev–Trinajstić information content (AvgIpc) is 2.44. The van der Waals surface area contributed by atoms with Gasteiger partial charge in [0.1, 0.15) is 11.6 Å². The van der Waals surface area contributed by atoms with Gasteiger partial charge in [0.15, 0.2) is 0 Å². The van der Waals surface area contributed by atoms with Crippen molar-refractivity contribution in [3.8, 4) is 0 Å². The van der Waals surface area contributed by atoms with E-state index in [1.807, 2.05) is 6.92 Å². The molecule has 0 amide bonds. The summed E-state index contributed by atoms with van der Waals surface area (Å²) in [5.41, 5.74) is -0.0562. The van der Waals surface area contributed by atoms with Gasteiger partial charge in [-0.1, -0.05) is 6.92 Å². The van der Waals surface area contributed by atoms with Crippen LogP contribution in [0.4, 0.5) is 5.82 Å². The molecule has 1 aliphatic heterocycles. The largest absolute Gasteiger partial charge is 0.354 e. The number of hydrogen-bond donors (Lipinski definition) is 2. The lowest BCUT2D eigenvalue weighted by Gasteiger charge is -2.33. The normalized spacial score (nSPS) is 19.3. The molecular formula is C15H26N4O. The first kappa shape index (κ1) is 15.0. The molecular weight excluding hydrogens is 252 g/mol. The number of anilines is 1. The molecule has 5 heteroatoms. The standard InChI is InChI=1S/C15H26N4O/c1-4-13-17-14(8-15(20)18-13)19(11(2)3)10-12-6-5-7-16-9-12/h8,11-12,16H,4-7,9-10H2,1-3H3,(H,17,18,20). The highest BCUT2D eigenvalue weighted by Crippen LogP contribution is 2.18. The van der Waals surface area contributed by atoms with E-state index in [9.17, 15) is 4.79 Å². The molecule has 0 spiro atoms. The third kappa shape index (κ3) is 3.82. The van der Waals surface area contributed by atoms with Crippen LogP contribution in [0, 0.1) is 5.92 Å². The van der Waals surface area contributed by atoms with Crippen LogP contribution < -0.4 is 15.8 Å². The predicted octanol–water partition coefficient (Wildman–Crippen LogP) is 1.55. The molecule has 112 valence electrons. The molecule has 5 nitrogen and oxygen atoms in total. The van der Waals surface area contributed by atoms with Gasteiger partial charge in [0, 0.05) is 25.1 Å². The van der Waals surface area contributed by atoms with Gasteiger partial charge in [-0.25, -0.2) is 4.98 Å². The molecule has 2 heterocycles. The van der Waals surface area contributed by atoms with Crippen molar-refractivity contribution in [2.24, 2.45) is 5.92 Å². The van der Waals surface area contributed by atoms with Gasteiger partial charge < -0.3 is 15.2 Å². The lowest BCUT2D eigenvalue weighted by Crippen LogP contribution is -2.42. The van der Waals surface area contributed by atoms with E-state index < -0.39 is 0 Å². The molecule has 1 aromatic heterocycles. The van der Waals surface area contributed by atoms with Crippen molar-refractivity contribution in [2.45, 2.75) is 46.1 Å². The van der Waals surface area contributed by atoms with E-state index in [4.69, 9.17) is 0 Å². The maximum Gasteiger partial charge on any atom is 0.252 e. The number of aryl methyl sites for hydroxylation is 1. The van der Waals surface area contributed by atoms with Crippen molar-refractivity contribution in [2.75, 3.05) is 24.5 Å². The maximum absolute atomic E-state index is 11.8. The van der Waals surface area contributed by atoms with Gasteiger partial charge in [0.2, 0.25) is 0 Å². The highest BCUT2D eigenvalue weighted by atomic mass is 16.1. The van der Waals surface area contributed by atoms with Crippen molar-refractivity contribution < 1.29 is 0 Å². The van der Waals surface area contributed by atoms with Crippen molar-refractivity contribution in [3.63, 3.8) is 0 Å². The Bertz CT molecular complexity index is 477. The third-order valence-electron chi connectivity index (χ3n) is 3.88. The lowest BCUT2D eigenvalue weighted by atomic mass is 9.98. The molecule has 1 saturated heterocycles. The molecule has 1 aliphatic rings. The maximum atomic E-state index is 11.8. The van der Waals surface area contributed by atoms with Crippen LogP contribution in [0.25, 0.3) is 0 Å². The minimum atomic E-state index is -0.0562. The summed E-state index contributed by atoms with van der Waals surface area (Å²) in [6.45, 7) is 9.47. The molecule has 0 bridgehead atoms. The van der Waals surface area contributed by atoms with E-state index >= 15 is 0 Å². The molecule has 2 rings (SSSR count). The zero-order valence-electron chi connectivity index (χ0n) is 12.8. The zero-order valence-corrected chi connectivity index (χ0v) is 12.8. The molecule has 0 saturated carbocycles. The molecule has 1 aromatic rings. The van der Waals surface area contributed by atoms with Gasteiger partial charge in [-0.05, 0) is 45.7 Å². The molecule has 1 unspecified atom stereocenters. The molecule has 1 fully saturated rings. The number of H-pyrrole nitrogens is 1. The van der Waals surface area contributed by atoms with E-state index in [1.54, 1.807) is 6.07 Å². The van der Waals surface area contributed by atoms with Crippen LogP contribution in [0.3, 0.4) is 0 Å². The predicted molar refractivity (Wildman–Crippen MR) is 82.3 cm³/mol. The lowest BCUT2D eigenvalue weighted by molar-refractivity contribution is 0.370. The quantitative estimate of drug-likeness (QED) is 0.858. The Balaban J connectivity index is 2.19. The first-order valence-electron chi connectivity index (χ1n) is 7.67. The Morgan fingerprint density at radius 1 is 1.50 bits per heavy atom. The Morgan fingerprint density at radius 3 is 2.90 bits per heavy atom. The van der Waals surface area contributed by atoms with Crippen LogP contribution in [-0.4, -0.2) is 35.6 Å². The highest BCUT2D eigenvalue weighted by Gasteiger charge is 2.20. The number of aromatic amines is 1. The fourth-order valence-electron chi connectivity index (χ4n) is 2.74. The van der Waals surface area contributed by atoms with E-state index in [2.05, 4.69) is 34.0 Å². The Kier molecular flexibility index (Phi) is 5.17. The summed E-state index contributed by atoms with van der Waals surface area (Å²) in [4.78, 5) is 21.4. The Hall–Kier alpha value is -1.36. The average molecular weight is 278 g/mol. The first-order chi connectivity index (χ1) is 9.60. The van der Waals surface area contributed by atoms with Crippen LogP contribution in [0.5, 0.6) is 0 Å². The number of nitrogens with one attached hydrogen (secondary N) is 2. The van der Waals surface area contributed by atoms with Gasteiger partial charge in [-0.3, -0.25) is 4.79 Å². The highest BCUT2D eigenvalue weighted by molar-refractivity contribution is 5.38. The molecule has 2 N–H and O–H groups in total. The molecule has 20 heavy (non-hydrogen) atoms. The number of rotatable bonds is 5. The third-order valence-corrected chi connectivity index (χ3v) is 3.88. The summed E-state index contributed by atoms with van der Waals surface area (Å²) in [5.74, 6) is 2.21. The Morgan fingerprint density at radius 2 is 2.30 bits per heavy atom. The second-order valence-corrected chi connectivity index (χ2v) is 5.86. The van der Waals surface area contributed by atoms with Crippen molar-refractivity contribution in [3.05, 3.63) is 22.2 Å². The second-order valence-electron chi connectivity index (χ2n) is 5.86. The molecule has 1 atom stereocenters. The van der Waals surface area contributed by atoms with Crippen molar-refractivity contribution in [1.29, 1.82) is 0 Å². The van der Waals surface area contributed by atoms with Crippen LogP contribution in [0.2, 0.25) is 0 Å². The molecule has 0 radical (unpaired) electrons.